The van der Waals surface area contributed by atoms with E-state index < -0.39 is 11.8 Å². The molecule has 2 aromatic rings. The molecule has 0 saturated carbocycles. The Morgan fingerprint density at radius 3 is 2.68 bits per heavy atom. The maximum atomic E-state index is 14.2. The topological polar surface area (TPSA) is 96.8 Å². The Hall–Kier alpha value is -2.53. The third kappa shape index (κ3) is 4.65. The van der Waals surface area contributed by atoms with Gasteiger partial charge in [0.05, 0.1) is 17.6 Å². The van der Waals surface area contributed by atoms with Gasteiger partial charge in [0.2, 0.25) is 0 Å². The fourth-order valence-corrected chi connectivity index (χ4v) is 6.64. The van der Waals surface area contributed by atoms with Crippen molar-refractivity contribution in [2.45, 2.75) is 82.3 Å². The van der Waals surface area contributed by atoms with Crippen LogP contribution in [0.25, 0.3) is 11.0 Å². The fourth-order valence-electron chi connectivity index (χ4n) is 6.50. The molecule has 0 N–H and O–H groups in total. The van der Waals surface area contributed by atoms with Crippen LogP contribution in [0.1, 0.15) is 52.9 Å². The summed E-state index contributed by atoms with van der Waals surface area (Å²) in [6.45, 7) is 8.51. The van der Waals surface area contributed by atoms with E-state index in [1.165, 1.54) is 0 Å². The predicted molar refractivity (Wildman–Crippen MR) is 136 cm³/mol. The van der Waals surface area contributed by atoms with Crippen molar-refractivity contribution in [2.24, 2.45) is 0 Å². The van der Waals surface area contributed by atoms with Gasteiger partial charge in [0.25, 0.3) is 0 Å². The van der Waals surface area contributed by atoms with Gasteiger partial charge < -0.3 is 14.4 Å². The van der Waals surface area contributed by atoms with E-state index in [1.807, 2.05) is 25.7 Å². The fraction of sp³-hybridized carbons (Fsp3) is 0.720. The first-order chi connectivity index (χ1) is 17.6. The molecule has 10 nitrogen and oxygen atoms in total. The van der Waals surface area contributed by atoms with Gasteiger partial charge in [-0.2, -0.15) is 9.97 Å². The number of nitrogens with zero attached hydrogens (tertiary/aromatic N) is 7. The third-order valence-electron chi connectivity index (χ3n) is 7.99. The molecule has 2 aromatic heterocycles. The molecule has 1 amide bonds. The molecule has 4 saturated heterocycles. The first-order valence-electron chi connectivity index (χ1n) is 13.1. The number of amides is 1. The highest BCUT2D eigenvalue weighted by molar-refractivity contribution is 6.29. The van der Waals surface area contributed by atoms with Crippen LogP contribution in [0.2, 0.25) is 5.15 Å². The van der Waals surface area contributed by atoms with Crippen molar-refractivity contribution in [3.63, 3.8) is 0 Å². The smallest absolute Gasteiger partial charge is 0.410 e. The summed E-state index contributed by atoms with van der Waals surface area (Å²) in [6, 6.07) is 1.89. The van der Waals surface area contributed by atoms with Crippen LogP contribution in [-0.2, 0) is 4.74 Å². The van der Waals surface area contributed by atoms with Crippen LogP contribution in [0, 0.1) is 0 Å². The zero-order chi connectivity index (χ0) is 25.9. The highest BCUT2D eigenvalue weighted by Crippen LogP contribution is 2.41. The molecule has 0 radical (unpaired) electrons. The lowest BCUT2D eigenvalue weighted by Gasteiger charge is -2.41. The summed E-state index contributed by atoms with van der Waals surface area (Å²) in [6.07, 6.45) is 3.10. The Bertz CT molecular complexity index is 1200. The average Bonchev–Trinajstić information content (AvgIpc) is 3.43. The van der Waals surface area contributed by atoms with E-state index in [1.54, 1.807) is 6.07 Å². The summed E-state index contributed by atoms with van der Waals surface area (Å²) in [7, 11) is 0. The largest absolute Gasteiger partial charge is 0.461 e. The molecule has 0 aliphatic carbocycles. The van der Waals surface area contributed by atoms with Gasteiger partial charge in [-0.3, -0.25) is 9.80 Å². The Labute approximate surface area is 220 Å². The minimum Gasteiger partial charge on any atom is -0.461 e. The molecule has 4 fully saturated rings. The number of aromatic nitrogens is 4. The van der Waals surface area contributed by atoms with Crippen LogP contribution in [0.15, 0.2) is 6.07 Å². The summed E-state index contributed by atoms with van der Waals surface area (Å²) >= 11 is 6.15. The highest BCUT2D eigenvalue weighted by atomic mass is 35.5. The Balaban J connectivity index is 1.27. The monoisotopic (exact) mass is 533 g/mol. The predicted octanol–water partition coefficient (Wildman–Crippen LogP) is 3.62. The zero-order valence-electron chi connectivity index (χ0n) is 21.5. The van der Waals surface area contributed by atoms with Gasteiger partial charge in [0, 0.05) is 32.1 Å². The van der Waals surface area contributed by atoms with Gasteiger partial charge in [-0.15, -0.1) is 10.2 Å². The lowest BCUT2D eigenvalue weighted by Crippen LogP contribution is -2.57. The van der Waals surface area contributed by atoms with Crippen molar-refractivity contribution in [3.8, 4) is 6.01 Å². The van der Waals surface area contributed by atoms with Crippen LogP contribution >= 0.6 is 11.6 Å². The minimum atomic E-state index is -0.831. The van der Waals surface area contributed by atoms with Gasteiger partial charge in [0.1, 0.15) is 23.9 Å². The number of piperazine rings is 1. The normalized spacial score (nSPS) is 29.7. The molecule has 6 heterocycles. The van der Waals surface area contributed by atoms with Gasteiger partial charge in [0.15, 0.2) is 16.5 Å². The van der Waals surface area contributed by atoms with E-state index in [2.05, 4.69) is 25.0 Å². The number of alkyl halides is 1. The summed E-state index contributed by atoms with van der Waals surface area (Å²) < 4.78 is 26.1. The first-order valence-corrected chi connectivity index (χ1v) is 13.5. The molecule has 2 bridgehead atoms. The molecule has 0 spiro atoms. The van der Waals surface area contributed by atoms with Crippen molar-refractivity contribution >= 4 is 34.5 Å². The van der Waals surface area contributed by atoms with Crippen molar-refractivity contribution in [3.05, 3.63) is 11.2 Å². The maximum absolute atomic E-state index is 14.2. The Morgan fingerprint density at radius 1 is 1.19 bits per heavy atom. The second-order valence-electron chi connectivity index (χ2n) is 11.8. The molecule has 4 aliphatic rings. The third-order valence-corrected chi connectivity index (χ3v) is 8.18. The van der Waals surface area contributed by atoms with Gasteiger partial charge >= 0.3 is 12.1 Å². The highest BCUT2D eigenvalue weighted by Gasteiger charge is 2.49. The molecule has 37 heavy (non-hydrogen) atoms. The first kappa shape index (κ1) is 24.8. The van der Waals surface area contributed by atoms with E-state index in [0.29, 0.717) is 49.5 Å². The number of ether oxygens (including phenoxy) is 2. The SMILES string of the molecule is CC(C)(C)OC(=O)N1C2CCC1CN(c1nc(OC[C@@]34CCCN3C[C@H](F)C4)nc3cc(Cl)nnc13)C2. The molecule has 0 aromatic carbocycles. The molecular formula is C25H33ClFN7O3. The Kier molecular flexibility index (Phi) is 6.06. The lowest BCUT2D eigenvalue weighted by atomic mass is 9.95. The number of hydrogen-bond donors (Lipinski definition) is 0. The summed E-state index contributed by atoms with van der Waals surface area (Å²) in [5.74, 6) is 0.612. The average molecular weight is 534 g/mol. The second-order valence-corrected chi connectivity index (χ2v) is 12.2. The number of rotatable bonds is 4. The molecule has 12 heteroatoms. The second kappa shape index (κ2) is 9.04. The van der Waals surface area contributed by atoms with Crippen LogP contribution < -0.4 is 9.64 Å². The molecule has 6 rings (SSSR count). The standard InChI is InChI=1S/C25H33ClFN7O3/c1-24(2,3)37-23(35)34-16-5-6-17(34)13-32(12-16)21-20-18(9-19(26)30-31-20)28-22(29-21)36-14-25-7-4-8-33(25)11-15(27)10-25/h9,15-17H,4-8,10-14H2,1-3H3/t15-,16?,17?,25+/m1/s1. The van der Waals surface area contributed by atoms with Crippen LogP contribution in [-0.4, -0.2) is 98.2 Å². The van der Waals surface area contributed by atoms with E-state index in [0.717, 1.165) is 32.2 Å². The molecule has 2 unspecified atom stereocenters. The van der Waals surface area contributed by atoms with Crippen molar-refractivity contribution < 1.29 is 18.7 Å². The van der Waals surface area contributed by atoms with Crippen molar-refractivity contribution in [1.29, 1.82) is 0 Å². The number of anilines is 1. The van der Waals surface area contributed by atoms with Gasteiger partial charge in [-0.1, -0.05) is 11.6 Å². The Morgan fingerprint density at radius 2 is 1.95 bits per heavy atom. The van der Waals surface area contributed by atoms with Gasteiger partial charge in [-0.05, 0) is 53.0 Å². The quantitative estimate of drug-likeness (QED) is 0.583. The number of halogens is 2. The molecule has 4 atom stereocenters. The number of fused-ring (bicyclic) bond motifs is 4. The van der Waals surface area contributed by atoms with Crippen LogP contribution in [0.4, 0.5) is 15.0 Å². The molecule has 200 valence electrons. The maximum Gasteiger partial charge on any atom is 0.410 e. The van der Waals surface area contributed by atoms with Crippen LogP contribution in [0.3, 0.4) is 0 Å². The van der Waals surface area contributed by atoms with E-state index in [4.69, 9.17) is 26.1 Å². The summed E-state index contributed by atoms with van der Waals surface area (Å²) in [5.41, 5.74) is 0.224. The van der Waals surface area contributed by atoms with Crippen LogP contribution in [0.5, 0.6) is 6.01 Å². The number of carbonyl (C=O) groups excluding carboxylic acids is 1. The summed E-state index contributed by atoms with van der Waals surface area (Å²) in [5, 5.41) is 8.56. The van der Waals surface area contributed by atoms with E-state index in [-0.39, 0.29) is 34.9 Å². The number of hydrogen-bond acceptors (Lipinski definition) is 9. The molecular weight excluding hydrogens is 501 g/mol. The van der Waals surface area contributed by atoms with E-state index in [9.17, 15) is 9.18 Å². The van der Waals surface area contributed by atoms with Gasteiger partial charge in [-0.25, -0.2) is 9.18 Å². The zero-order valence-corrected chi connectivity index (χ0v) is 22.2. The van der Waals surface area contributed by atoms with E-state index >= 15 is 0 Å². The summed E-state index contributed by atoms with van der Waals surface area (Å²) in [4.78, 5) is 28.5. The number of carbonyl (C=O) groups is 1. The molecule has 4 aliphatic heterocycles. The lowest BCUT2D eigenvalue weighted by molar-refractivity contribution is 0.0122. The minimum absolute atomic E-state index is 0.00848. The van der Waals surface area contributed by atoms with Crippen molar-refractivity contribution in [1.82, 2.24) is 30.0 Å². The van der Waals surface area contributed by atoms with Crippen molar-refractivity contribution in [2.75, 3.05) is 37.7 Å².